The minimum absolute atomic E-state index is 0.199. The van der Waals surface area contributed by atoms with Crippen molar-refractivity contribution >= 4 is 52.2 Å². The first-order valence-electron chi connectivity index (χ1n) is 18.9. The summed E-state index contributed by atoms with van der Waals surface area (Å²) in [5, 5.41) is 2.10. The number of benzene rings is 5. The largest absolute Gasteiger partial charge is 0.488 e. The summed E-state index contributed by atoms with van der Waals surface area (Å²) >= 11 is 3.34. The number of rotatable bonds is 20. The Bertz CT molecular complexity index is 2380. The first kappa shape index (κ1) is 44.9. The number of methoxy groups -OCH3 is 1. The van der Waals surface area contributed by atoms with E-state index in [2.05, 4.69) is 49.0 Å². The zero-order valence-corrected chi connectivity index (χ0v) is 34.9. The van der Waals surface area contributed by atoms with Crippen molar-refractivity contribution in [1.29, 1.82) is 0 Å². The SMILES string of the molecule is C=CC(=O)OCCOCCSc1ccc(C#Cc2ccc(OCc3ccc4cc(C#Cc5ccc(SCCOCCOC(=O)C=C)cc5)ccc4c3)c(C(=O)OC)c2)cc1. The zero-order chi connectivity index (χ0) is 42.4. The maximum absolute atomic E-state index is 12.8. The molecule has 0 heterocycles. The lowest BCUT2D eigenvalue weighted by Crippen LogP contribution is -2.09. The van der Waals surface area contributed by atoms with E-state index in [1.165, 1.54) is 7.11 Å². The molecule has 306 valence electrons. The Morgan fingerprint density at radius 2 is 1.05 bits per heavy atom. The molecule has 0 atom stereocenters. The van der Waals surface area contributed by atoms with Crippen molar-refractivity contribution in [2.24, 2.45) is 0 Å². The quantitative estimate of drug-likeness (QED) is 0.0188. The molecular formula is C49H44O9S2. The summed E-state index contributed by atoms with van der Waals surface area (Å²) in [5.41, 5.74) is 4.55. The normalized spacial score (nSPS) is 10.3. The van der Waals surface area contributed by atoms with Crippen LogP contribution in [-0.2, 0) is 39.9 Å². The molecule has 0 aliphatic rings. The minimum Gasteiger partial charge on any atom is -0.488 e. The lowest BCUT2D eigenvalue weighted by Gasteiger charge is -2.11. The Morgan fingerprint density at radius 3 is 1.60 bits per heavy atom. The van der Waals surface area contributed by atoms with Gasteiger partial charge in [0.15, 0.2) is 0 Å². The Hall–Kier alpha value is -6.21. The molecule has 0 aliphatic carbocycles. The van der Waals surface area contributed by atoms with Crippen LogP contribution in [0.4, 0.5) is 0 Å². The number of carbonyl (C=O) groups excluding carboxylic acids is 3. The van der Waals surface area contributed by atoms with Crippen molar-refractivity contribution in [2.75, 3.05) is 58.3 Å². The Kier molecular flexibility index (Phi) is 18.4. The van der Waals surface area contributed by atoms with E-state index in [-0.39, 0.29) is 19.8 Å². The molecule has 5 aromatic rings. The number of esters is 3. The van der Waals surface area contributed by atoms with E-state index in [1.807, 2.05) is 78.9 Å². The van der Waals surface area contributed by atoms with Crippen molar-refractivity contribution in [3.63, 3.8) is 0 Å². The molecule has 0 amide bonds. The smallest absolute Gasteiger partial charge is 0.341 e. The van der Waals surface area contributed by atoms with Gasteiger partial charge in [-0.1, -0.05) is 55.0 Å². The van der Waals surface area contributed by atoms with E-state index in [9.17, 15) is 14.4 Å². The third-order valence-corrected chi connectivity index (χ3v) is 10.3. The number of carbonyl (C=O) groups is 3. The molecule has 11 heteroatoms. The Balaban J connectivity index is 1.10. The lowest BCUT2D eigenvalue weighted by atomic mass is 10.0. The fourth-order valence-corrected chi connectivity index (χ4v) is 6.88. The highest BCUT2D eigenvalue weighted by atomic mass is 32.2. The van der Waals surface area contributed by atoms with Crippen LogP contribution in [0.15, 0.2) is 138 Å². The van der Waals surface area contributed by atoms with Gasteiger partial charge in [-0.15, -0.1) is 23.5 Å². The molecule has 0 N–H and O–H groups in total. The summed E-state index contributed by atoms with van der Waals surface area (Å²) < 4.78 is 32.0. The molecular weight excluding hydrogens is 797 g/mol. The van der Waals surface area contributed by atoms with Gasteiger partial charge in [0.25, 0.3) is 0 Å². The first-order chi connectivity index (χ1) is 29.3. The van der Waals surface area contributed by atoms with Crippen molar-refractivity contribution in [2.45, 2.75) is 16.4 Å². The Labute approximate surface area is 359 Å². The number of fused-ring (bicyclic) bond motifs is 1. The fraction of sp³-hybridized carbons (Fsp3) is 0.204. The second kappa shape index (κ2) is 24.7. The van der Waals surface area contributed by atoms with Crippen LogP contribution in [0.1, 0.15) is 38.2 Å². The van der Waals surface area contributed by atoms with Crippen LogP contribution >= 0.6 is 23.5 Å². The van der Waals surface area contributed by atoms with Crippen LogP contribution in [0.2, 0.25) is 0 Å². The van der Waals surface area contributed by atoms with Crippen molar-refractivity contribution in [3.05, 3.63) is 162 Å². The molecule has 0 fully saturated rings. The van der Waals surface area contributed by atoms with Crippen molar-refractivity contribution in [1.82, 2.24) is 0 Å². The summed E-state index contributed by atoms with van der Waals surface area (Å²) in [4.78, 5) is 37.1. The maximum Gasteiger partial charge on any atom is 0.341 e. The van der Waals surface area contributed by atoms with Gasteiger partial charge in [-0.05, 0) is 101 Å². The van der Waals surface area contributed by atoms with Crippen LogP contribution in [0.5, 0.6) is 5.75 Å². The third kappa shape index (κ3) is 15.2. The van der Waals surface area contributed by atoms with E-state index in [4.69, 9.17) is 28.4 Å². The molecule has 0 spiro atoms. The first-order valence-corrected chi connectivity index (χ1v) is 20.9. The number of hydrogen-bond acceptors (Lipinski definition) is 11. The molecule has 0 aliphatic heterocycles. The summed E-state index contributed by atoms with van der Waals surface area (Å²) in [5.74, 6) is 13.3. The van der Waals surface area contributed by atoms with Gasteiger partial charge in [-0.25, -0.2) is 14.4 Å². The van der Waals surface area contributed by atoms with Gasteiger partial charge >= 0.3 is 17.9 Å². The van der Waals surface area contributed by atoms with E-state index >= 15 is 0 Å². The molecule has 5 rings (SSSR count). The molecule has 0 saturated heterocycles. The molecule has 0 unspecified atom stereocenters. The molecule has 60 heavy (non-hydrogen) atoms. The van der Waals surface area contributed by atoms with Gasteiger partial charge in [-0.2, -0.15) is 0 Å². The molecule has 0 saturated carbocycles. The van der Waals surface area contributed by atoms with Crippen LogP contribution < -0.4 is 4.74 Å². The molecule has 0 aromatic heterocycles. The van der Waals surface area contributed by atoms with Gasteiger partial charge in [-0.3, -0.25) is 0 Å². The van der Waals surface area contributed by atoms with E-state index in [1.54, 1.807) is 35.7 Å². The van der Waals surface area contributed by atoms with Gasteiger partial charge in [0, 0.05) is 55.7 Å². The van der Waals surface area contributed by atoms with Crippen molar-refractivity contribution in [3.8, 4) is 29.4 Å². The predicted octanol–water partition coefficient (Wildman–Crippen LogP) is 8.68. The van der Waals surface area contributed by atoms with Crippen LogP contribution in [0, 0.1) is 23.7 Å². The van der Waals surface area contributed by atoms with E-state index < -0.39 is 17.9 Å². The minimum atomic E-state index is -0.511. The summed E-state index contributed by atoms with van der Waals surface area (Å²) in [6.45, 7) is 9.15. The maximum atomic E-state index is 12.8. The predicted molar refractivity (Wildman–Crippen MR) is 236 cm³/mol. The summed E-state index contributed by atoms with van der Waals surface area (Å²) in [7, 11) is 1.34. The molecule has 9 nitrogen and oxygen atoms in total. The second-order valence-corrected chi connectivity index (χ2v) is 14.9. The van der Waals surface area contributed by atoms with Gasteiger partial charge < -0.3 is 28.4 Å². The van der Waals surface area contributed by atoms with Gasteiger partial charge in [0.2, 0.25) is 0 Å². The molecule has 0 radical (unpaired) electrons. The number of ether oxygens (including phenoxy) is 6. The average molecular weight is 841 g/mol. The van der Waals surface area contributed by atoms with E-state index in [0.717, 1.165) is 66.5 Å². The van der Waals surface area contributed by atoms with Crippen LogP contribution in [0.3, 0.4) is 0 Å². The van der Waals surface area contributed by atoms with Crippen LogP contribution in [0.25, 0.3) is 10.8 Å². The topological polar surface area (TPSA) is 107 Å². The number of hydrogen-bond donors (Lipinski definition) is 0. The standard InChI is InChI=1S/C49H44O9S2/c1-4-47(50)56-26-24-54-28-30-59-43-19-12-36(13-20-43)6-8-38-10-17-42-33-40(11-18-41(42)32-38)35-58-46-23-16-39(34-45(46)49(52)53-3)9-7-37-14-21-44(22-15-37)60-31-29-55-25-27-57-48(51)5-2/h4-5,10-23,32-34H,1-2,24-31,35H2,3H3. The Morgan fingerprint density at radius 1 is 0.567 bits per heavy atom. The number of thioether (sulfide) groups is 2. The van der Waals surface area contributed by atoms with Crippen molar-refractivity contribution < 1.29 is 42.8 Å². The summed E-state index contributed by atoms with van der Waals surface area (Å²) in [6.07, 6.45) is 2.26. The lowest BCUT2D eigenvalue weighted by molar-refractivity contribution is -0.140. The van der Waals surface area contributed by atoms with Gasteiger partial charge in [0.1, 0.15) is 31.1 Å². The van der Waals surface area contributed by atoms with E-state index in [0.29, 0.717) is 43.3 Å². The highest BCUT2D eigenvalue weighted by Gasteiger charge is 2.14. The monoisotopic (exact) mass is 840 g/mol. The van der Waals surface area contributed by atoms with Crippen LogP contribution in [-0.4, -0.2) is 76.2 Å². The summed E-state index contributed by atoms with van der Waals surface area (Å²) in [6, 6.07) is 33.4. The second-order valence-electron chi connectivity index (χ2n) is 12.6. The third-order valence-electron chi connectivity index (χ3n) is 8.36. The zero-order valence-electron chi connectivity index (χ0n) is 33.2. The average Bonchev–Trinajstić information content (AvgIpc) is 3.29. The molecule has 5 aromatic carbocycles. The molecule has 0 bridgehead atoms. The highest BCUT2D eigenvalue weighted by Crippen LogP contribution is 2.25. The van der Waals surface area contributed by atoms with Gasteiger partial charge in [0.05, 0.1) is 33.5 Å². The highest BCUT2D eigenvalue weighted by molar-refractivity contribution is 7.99. The fourth-order valence-electron chi connectivity index (χ4n) is 5.35.